The van der Waals surface area contributed by atoms with Gasteiger partial charge in [0, 0.05) is 6.54 Å². The monoisotopic (exact) mass is 285 g/mol. The molecule has 1 atom stereocenters. The lowest BCUT2D eigenvalue weighted by atomic mass is 9.95. The quantitative estimate of drug-likeness (QED) is 0.723. The van der Waals surface area contributed by atoms with Gasteiger partial charge < -0.3 is 16.2 Å². The van der Waals surface area contributed by atoms with Gasteiger partial charge in [-0.05, 0) is 12.8 Å². The lowest BCUT2D eigenvalue weighted by Gasteiger charge is -2.17. The Morgan fingerprint density at radius 3 is 2.53 bits per heavy atom. The highest BCUT2D eigenvalue weighted by molar-refractivity contribution is 7.13. The van der Waals surface area contributed by atoms with Gasteiger partial charge >= 0.3 is 5.97 Å². The Morgan fingerprint density at radius 1 is 1.47 bits per heavy atom. The standard InChI is InChI=1S/C12H19N3O3S/c1-6(2)8(4-13)11(16)14-5-9-15-7(3)10(19-9)12(17)18/h6,8H,4-5,13H2,1-3H3,(H,14,16)(H,17,18). The van der Waals surface area contributed by atoms with Crippen LogP contribution in [0.5, 0.6) is 0 Å². The molecule has 1 unspecified atom stereocenters. The third-order valence-electron chi connectivity index (χ3n) is 2.84. The maximum Gasteiger partial charge on any atom is 0.347 e. The van der Waals surface area contributed by atoms with E-state index in [4.69, 9.17) is 10.8 Å². The third kappa shape index (κ3) is 4.00. The lowest BCUT2D eigenvalue weighted by molar-refractivity contribution is -0.126. The minimum absolute atomic E-state index is 0.123. The maximum absolute atomic E-state index is 11.9. The number of hydrogen-bond donors (Lipinski definition) is 3. The number of nitrogens with zero attached hydrogens (tertiary/aromatic N) is 1. The van der Waals surface area contributed by atoms with Crippen LogP contribution in [-0.2, 0) is 11.3 Å². The van der Waals surface area contributed by atoms with Crippen LogP contribution >= 0.6 is 11.3 Å². The molecular formula is C12H19N3O3S. The molecule has 1 rings (SSSR count). The van der Waals surface area contributed by atoms with Crippen molar-refractivity contribution in [1.29, 1.82) is 0 Å². The zero-order valence-corrected chi connectivity index (χ0v) is 12.1. The molecule has 106 valence electrons. The lowest BCUT2D eigenvalue weighted by Crippen LogP contribution is -2.37. The summed E-state index contributed by atoms with van der Waals surface area (Å²) in [7, 11) is 0. The fourth-order valence-electron chi connectivity index (χ4n) is 1.70. The minimum Gasteiger partial charge on any atom is -0.477 e. The summed E-state index contributed by atoms with van der Waals surface area (Å²) in [5, 5.41) is 12.3. The van der Waals surface area contributed by atoms with E-state index in [2.05, 4.69) is 10.3 Å². The van der Waals surface area contributed by atoms with Crippen LogP contribution in [0.3, 0.4) is 0 Å². The number of amides is 1. The highest BCUT2D eigenvalue weighted by Gasteiger charge is 2.21. The van der Waals surface area contributed by atoms with Crippen molar-refractivity contribution in [3.05, 3.63) is 15.6 Å². The second kappa shape index (κ2) is 6.63. The van der Waals surface area contributed by atoms with E-state index in [1.807, 2.05) is 13.8 Å². The summed E-state index contributed by atoms with van der Waals surface area (Å²) in [4.78, 5) is 27.1. The first kappa shape index (κ1) is 15.6. The minimum atomic E-state index is -0.991. The predicted molar refractivity (Wildman–Crippen MR) is 73.0 cm³/mol. The van der Waals surface area contributed by atoms with E-state index in [0.29, 0.717) is 17.2 Å². The van der Waals surface area contributed by atoms with Crippen LogP contribution in [0.25, 0.3) is 0 Å². The number of aromatic nitrogens is 1. The number of rotatable bonds is 6. The molecule has 0 spiro atoms. The van der Waals surface area contributed by atoms with E-state index >= 15 is 0 Å². The summed E-state index contributed by atoms with van der Waals surface area (Å²) >= 11 is 1.08. The zero-order valence-electron chi connectivity index (χ0n) is 11.3. The number of carboxylic acids is 1. The van der Waals surface area contributed by atoms with E-state index < -0.39 is 5.97 Å². The van der Waals surface area contributed by atoms with Crippen molar-refractivity contribution in [1.82, 2.24) is 10.3 Å². The second-order valence-electron chi connectivity index (χ2n) is 4.63. The number of carboxylic acid groups (broad SMARTS) is 1. The Morgan fingerprint density at radius 2 is 2.11 bits per heavy atom. The summed E-state index contributed by atoms with van der Waals surface area (Å²) in [5.41, 5.74) is 6.03. The molecular weight excluding hydrogens is 266 g/mol. The van der Waals surface area contributed by atoms with Crippen LogP contribution in [0.4, 0.5) is 0 Å². The largest absolute Gasteiger partial charge is 0.477 e. The van der Waals surface area contributed by atoms with Crippen molar-refractivity contribution in [3.63, 3.8) is 0 Å². The van der Waals surface area contributed by atoms with Gasteiger partial charge in [0.1, 0.15) is 9.88 Å². The Balaban J connectivity index is 2.64. The molecule has 0 fully saturated rings. The Bertz CT molecular complexity index is 471. The topological polar surface area (TPSA) is 105 Å². The molecule has 6 nitrogen and oxygen atoms in total. The average molecular weight is 285 g/mol. The number of aryl methyl sites for hydroxylation is 1. The number of thiazole rings is 1. The summed E-state index contributed by atoms with van der Waals surface area (Å²) in [5.74, 6) is -1.19. The zero-order chi connectivity index (χ0) is 14.6. The fraction of sp³-hybridized carbons (Fsp3) is 0.583. The third-order valence-corrected chi connectivity index (χ3v) is 3.99. The highest BCUT2D eigenvalue weighted by atomic mass is 32.1. The molecule has 1 aromatic heterocycles. The van der Waals surface area contributed by atoms with Gasteiger partial charge in [0.05, 0.1) is 18.2 Å². The van der Waals surface area contributed by atoms with Crippen molar-refractivity contribution in [2.75, 3.05) is 6.54 Å². The van der Waals surface area contributed by atoms with Crippen molar-refractivity contribution in [2.24, 2.45) is 17.6 Å². The molecule has 0 bridgehead atoms. The van der Waals surface area contributed by atoms with E-state index in [1.54, 1.807) is 6.92 Å². The van der Waals surface area contributed by atoms with Gasteiger partial charge in [0.2, 0.25) is 5.91 Å². The van der Waals surface area contributed by atoms with Crippen molar-refractivity contribution < 1.29 is 14.7 Å². The van der Waals surface area contributed by atoms with Crippen molar-refractivity contribution in [3.8, 4) is 0 Å². The van der Waals surface area contributed by atoms with Gasteiger partial charge in [-0.15, -0.1) is 11.3 Å². The summed E-state index contributed by atoms with van der Waals surface area (Å²) in [6.07, 6.45) is 0. The molecule has 1 heterocycles. The molecule has 0 aliphatic heterocycles. The Labute approximate surface area is 116 Å². The molecule has 1 aromatic rings. The molecule has 0 aromatic carbocycles. The molecule has 4 N–H and O–H groups in total. The molecule has 1 amide bonds. The van der Waals surface area contributed by atoms with E-state index in [0.717, 1.165) is 11.3 Å². The number of carbonyl (C=O) groups is 2. The predicted octanol–water partition coefficient (Wildman–Crippen LogP) is 0.997. The normalized spacial score (nSPS) is 12.5. The summed E-state index contributed by atoms with van der Waals surface area (Å²) in [6, 6.07) is 0. The first-order valence-electron chi connectivity index (χ1n) is 6.04. The van der Waals surface area contributed by atoms with Crippen LogP contribution in [0.15, 0.2) is 0 Å². The van der Waals surface area contributed by atoms with Gasteiger partial charge in [-0.1, -0.05) is 13.8 Å². The number of carbonyl (C=O) groups excluding carboxylic acids is 1. The number of aromatic carboxylic acids is 1. The number of hydrogen-bond acceptors (Lipinski definition) is 5. The van der Waals surface area contributed by atoms with Gasteiger partial charge in [-0.2, -0.15) is 0 Å². The van der Waals surface area contributed by atoms with Crippen LogP contribution < -0.4 is 11.1 Å². The number of nitrogens with one attached hydrogen (secondary N) is 1. The van der Waals surface area contributed by atoms with Crippen LogP contribution in [0, 0.1) is 18.8 Å². The van der Waals surface area contributed by atoms with E-state index in [-0.39, 0.29) is 29.2 Å². The van der Waals surface area contributed by atoms with Gasteiger partial charge in [0.15, 0.2) is 0 Å². The van der Waals surface area contributed by atoms with Crippen LogP contribution in [0.1, 0.15) is 34.2 Å². The Hall–Kier alpha value is -1.47. The SMILES string of the molecule is Cc1nc(CNC(=O)C(CN)C(C)C)sc1C(=O)O. The van der Waals surface area contributed by atoms with E-state index in [9.17, 15) is 9.59 Å². The molecule has 7 heteroatoms. The van der Waals surface area contributed by atoms with Crippen LogP contribution in [0.2, 0.25) is 0 Å². The maximum atomic E-state index is 11.9. The molecule has 0 aliphatic carbocycles. The van der Waals surface area contributed by atoms with Crippen molar-refractivity contribution >= 4 is 23.2 Å². The highest BCUT2D eigenvalue weighted by Crippen LogP contribution is 2.18. The van der Waals surface area contributed by atoms with E-state index in [1.165, 1.54) is 0 Å². The number of nitrogens with two attached hydrogens (primary N) is 1. The summed E-state index contributed by atoms with van der Waals surface area (Å²) < 4.78 is 0. The van der Waals surface area contributed by atoms with Gasteiger partial charge in [0.25, 0.3) is 0 Å². The molecule has 0 saturated carbocycles. The smallest absolute Gasteiger partial charge is 0.347 e. The molecule has 0 saturated heterocycles. The second-order valence-corrected chi connectivity index (χ2v) is 5.71. The average Bonchev–Trinajstić information content (AvgIpc) is 2.68. The summed E-state index contributed by atoms with van der Waals surface area (Å²) in [6.45, 7) is 6.05. The van der Waals surface area contributed by atoms with Crippen molar-refractivity contribution in [2.45, 2.75) is 27.3 Å². The first-order chi connectivity index (χ1) is 8.86. The fourth-order valence-corrected chi connectivity index (χ4v) is 2.55. The Kier molecular flexibility index (Phi) is 5.44. The first-order valence-corrected chi connectivity index (χ1v) is 6.85. The molecule has 0 radical (unpaired) electrons. The van der Waals surface area contributed by atoms with Gasteiger partial charge in [-0.3, -0.25) is 4.79 Å². The van der Waals surface area contributed by atoms with Gasteiger partial charge in [-0.25, -0.2) is 9.78 Å². The molecule has 19 heavy (non-hydrogen) atoms. The van der Waals surface area contributed by atoms with Crippen LogP contribution in [-0.4, -0.2) is 28.5 Å². The molecule has 0 aliphatic rings.